The Hall–Kier alpha value is -1.63. The highest BCUT2D eigenvalue weighted by atomic mass is 35.5. The first-order valence-electron chi connectivity index (χ1n) is 11.0. The molecule has 2 atom stereocenters. The van der Waals surface area contributed by atoms with Crippen LogP contribution in [0.2, 0.25) is 5.02 Å². The first kappa shape index (κ1) is 24.6. The summed E-state index contributed by atoms with van der Waals surface area (Å²) < 4.78 is 5.50. The molecule has 1 aromatic rings. The van der Waals surface area contributed by atoms with Gasteiger partial charge in [0.2, 0.25) is 5.91 Å². The predicted octanol–water partition coefficient (Wildman–Crippen LogP) is 3.35. The minimum Gasteiger partial charge on any atom is -0.379 e. The Morgan fingerprint density at radius 2 is 1.77 bits per heavy atom. The third kappa shape index (κ3) is 6.69. The van der Waals surface area contributed by atoms with Crippen LogP contribution in [0.15, 0.2) is 24.3 Å². The largest absolute Gasteiger partial charge is 0.379 e. The van der Waals surface area contributed by atoms with E-state index >= 15 is 0 Å². The lowest BCUT2D eigenvalue weighted by Gasteiger charge is -2.39. The second-order valence-corrected chi connectivity index (χ2v) is 8.62. The Bertz CT molecular complexity index is 688. The zero-order valence-corrected chi connectivity index (χ0v) is 19.4. The number of carbonyl (C=O) groups excluding carboxylic acids is 2. The summed E-state index contributed by atoms with van der Waals surface area (Å²) in [5.41, 5.74) is 0.376. The van der Waals surface area contributed by atoms with Crippen LogP contribution in [0.3, 0.4) is 0 Å². The van der Waals surface area contributed by atoms with Crippen LogP contribution in [-0.2, 0) is 9.53 Å². The van der Waals surface area contributed by atoms with Gasteiger partial charge in [0.05, 0.1) is 23.8 Å². The van der Waals surface area contributed by atoms with E-state index < -0.39 is 6.04 Å². The number of amides is 2. The van der Waals surface area contributed by atoms with E-state index in [4.69, 9.17) is 16.3 Å². The van der Waals surface area contributed by atoms with Gasteiger partial charge >= 0.3 is 0 Å². The van der Waals surface area contributed by atoms with E-state index in [0.717, 1.165) is 39.1 Å². The molecule has 0 bridgehead atoms. The summed E-state index contributed by atoms with van der Waals surface area (Å²) >= 11 is 6.14. The second-order valence-electron chi connectivity index (χ2n) is 8.21. The zero-order chi connectivity index (χ0) is 22.1. The molecule has 2 rings (SSSR count). The van der Waals surface area contributed by atoms with Crippen molar-refractivity contribution in [3.05, 3.63) is 34.9 Å². The molecule has 0 saturated carbocycles. The van der Waals surface area contributed by atoms with E-state index in [1.165, 1.54) is 0 Å². The van der Waals surface area contributed by atoms with Crippen LogP contribution in [0.1, 0.15) is 50.9 Å². The number of hydrogen-bond acceptors (Lipinski definition) is 4. The molecule has 2 unspecified atom stereocenters. The summed E-state index contributed by atoms with van der Waals surface area (Å²) in [4.78, 5) is 28.1. The summed E-state index contributed by atoms with van der Waals surface area (Å²) in [7, 11) is 0. The Labute approximate surface area is 185 Å². The average molecular weight is 438 g/mol. The summed E-state index contributed by atoms with van der Waals surface area (Å²) in [6, 6.07) is 6.50. The number of rotatable bonds is 10. The maximum Gasteiger partial charge on any atom is 0.253 e. The third-order valence-electron chi connectivity index (χ3n) is 5.95. The Morgan fingerprint density at radius 1 is 1.13 bits per heavy atom. The first-order valence-corrected chi connectivity index (χ1v) is 11.4. The van der Waals surface area contributed by atoms with Gasteiger partial charge in [-0.2, -0.15) is 0 Å². The van der Waals surface area contributed by atoms with Crippen molar-refractivity contribution in [2.75, 3.05) is 32.8 Å². The highest BCUT2D eigenvalue weighted by Gasteiger charge is 2.30. The van der Waals surface area contributed by atoms with Crippen molar-refractivity contribution >= 4 is 23.4 Å². The van der Waals surface area contributed by atoms with E-state index in [2.05, 4.69) is 29.4 Å². The van der Waals surface area contributed by atoms with E-state index in [9.17, 15) is 9.59 Å². The van der Waals surface area contributed by atoms with E-state index in [0.29, 0.717) is 23.0 Å². The molecule has 30 heavy (non-hydrogen) atoms. The Balaban J connectivity index is 2.05. The van der Waals surface area contributed by atoms with Crippen molar-refractivity contribution in [1.29, 1.82) is 0 Å². The van der Waals surface area contributed by atoms with Crippen LogP contribution in [0.5, 0.6) is 0 Å². The Kier molecular flexibility index (Phi) is 10.1. The number of nitrogens with zero attached hydrogens (tertiary/aromatic N) is 1. The minimum atomic E-state index is -0.624. The SMILES string of the molecule is CCC(CC)C(CNC(=O)C(NC(=O)c1ccccc1Cl)C(C)C)N1CCOCC1. The summed E-state index contributed by atoms with van der Waals surface area (Å²) in [6.45, 7) is 12.0. The molecule has 2 N–H and O–H groups in total. The number of morpholine rings is 1. The normalized spacial score (nSPS) is 17.0. The van der Waals surface area contributed by atoms with Crippen molar-refractivity contribution < 1.29 is 14.3 Å². The maximum absolute atomic E-state index is 13.0. The zero-order valence-electron chi connectivity index (χ0n) is 18.6. The van der Waals surface area contributed by atoms with Crippen LogP contribution >= 0.6 is 11.6 Å². The van der Waals surface area contributed by atoms with Crippen molar-refractivity contribution in [3.8, 4) is 0 Å². The quantitative estimate of drug-likeness (QED) is 0.588. The average Bonchev–Trinajstić information content (AvgIpc) is 2.75. The topological polar surface area (TPSA) is 70.7 Å². The molecule has 2 amide bonds. The second kappa shape index (κ2) is 12.3. The predicted molar refractivity (Wildman–Crippen MR) is 121 cm³/mol. The molecular formula is C23H36ClN3O3. The summed E-state index contributed by atoms with van der Waals surface area (Å²) in [6.07, 6.45) is 2.12. The molecule has 1 aliphatic heterocycles. The molecule has 168 valence electrons. The van der Waals surface area contributed by atoms with Gasteiger partial charge in [-0.15, -0.1) is 0 Å². The minimum absolute atomic E-state index is 0.0496. The van der Waals surface area contributed by atoms with E-state index in [1.54, 1.807) is 24.3 Å². The van der Waals surface area contributed by atoms with Crippen LogP contribution in [0, 0.1) is 11.8 Å². The van der Waals surface area contributed by atoms with Crippen molar-refractivity contribution in [2.24, 2.45) is 11.8 Å². The first-order chi connectivity index (χ1) is 14.4. The fourth-order valence-corrected chi connectivity index (χ4v) is 4.27. The monoisotopic (exact) mass is 437 g/mol. The van der Waals surface area contributed by atoms with Gasteiger partial charge in [-0.05, 0) is 24.0 Å². The van der Waals surface area contributed by atoms with Crippen LogP contribution in [0.25, 0.3) is 0 Å². The molecular weight excluding hydrogens is 402 g/mol. The maximum atomic E-state index is 13.0. The number of benzene rings is 1. The van der Waals surface area contributed by atoms with Gasteiger partial charge in [-0.3, -0.25) is 14.5 Å². The third-order valence-corrected chi connectivity index (χ3v) is 6.28. The highest BCUT2D eigenvalue weighted by Crippen LogP contribution is 2.20. The molecule has 1 fully saturated rings. The molecule has 1 heterocycles. The standard InChI is InChI=1S/C23H36ClN3O3/c1-5-17(6-2)20(27-11-13-30-14-12-27)15-25-23(29)21(16(3)4)26-22(28)18-9-7-8-10-19(18)24/h7-10,16-17,20-21H,5-6,11-15H2,1-4H3,(H,25,29)(H,26,28). The van der Waals surface area contributed by atoms with Crippen molar-refractivity contribution in [3.63, 3.8) is 0 Å². The number of ether oxygens (including phenoxy) is 1. The molecule has 0 radical (unpaired) electrons. The molecule has 1 saturated heterocycles. The molecule has 7 heteroatoms. The van der Waals surface area contributed by atoms with Gasteiger partial charge in [0.1, 0.15) is 6.04 Å². The molecule has 6 nitrogen and oxygen atoms in total. The lowest BCUT2D eigenvalue weighted by atomic mass is 9.92. The summed E-state index contributed by atoms with van der Waals surface area (Å²) in [5.74, 6) is -0.0428. The van der Waals surface area contributed by atoms with Crippen LogP contribution in [0.4, 0.5) is 0 Å². The van der Waals surface area contributed by atoms with Gasteiger partial charge in [-0.1, -0.05) is 64.3 Å². The van der Waals surface area contributed by atoms with Crippen LogP contribution in [-0.4, -0.2) is 61.6 Å². The fraction of sp³-hybridized carbons (Fsp3) is 0.652. The van der Waals surface area contributed by atoms with Gasteiger partial charge in [0.15, 0.2) is 0 Å². The number of hydrogen-bond donors (Lipinski definition) is 2. The smallest absolute Gasteiger partial charge is 0.253 e. The van der Waals surface area contributed by atoms with Gasteiger partial charge < -0.3 is 15.4 Å². The lowest BCUT2D eigenvalue weighted by molar-refractivity contribution is -0.124. The van der Waals surface area contributed by atoms with Crippen molar-refractivity contribution in [2.45, 2.75) is 52.6 Å². The molecule has 1 aromatic carbocycles. The fourth-order valence-electron chi connectivity index (χ4n) is 4.05. The van der Waals surface area contributed by atoms with Gasteiger partial charge in [-0.25, -0.2) is 0 Å². The molecule has 0 aromatic heterocycles. The number of halogens is 1. The lowest BCUT2D eigenvalue weighted by Crippen LogP contribution is -2.55. The Morgan fingerprint density at radius 3 is 2.33 bits per heavy atom. The van der Waals surface area contributed by atoms with Crippen LogP contribution < -0.4 is 10.6 Å². The van der Waals surface area contributed by atoms with Gasteiger partial charge in [0.25, 0.3) is 5.91 Å². The number of nitrogens with one attached hydrogen (secondary N) is 2. The number of carbonyl (C=O) groups is 2. The summed E-state index contributed by atoms with van der Waals surface area (Å²) in [5, 5.41) is 6.35. The van der Waals surface area contributed by atoms with Gasteiger partial charge in [0, 0.05) is 25.7 Å². The molecule has 1 aliphatic rings. The highest BCUT2D eigenvalue weighted by molar-refractivity contribution is 6.33. The van der Waals surface area contributed by atoms with Crippen molar-refractivity contribution in [1.82, 2.24) is 15.5 Å². The molecule has 0 spiro atoms. The van der Waals surface area contributed by atoms with E-state index in [1.807, 2.05) is 13.8 Å². The van der Waals surface area contributed by atoms with E-state index in [-0.39, 0.29) is 23.8 Å². The molecule has 0 aliphatic carbocycles.